The molecule has 1 aliphatic carbocycles. The average molecular weight is 1220 g/mol. The number of carboxylic acid groups (broad SMARTS) is 1. The molecule has 5 aliphatic heterocycles. The number of amides is 2. The van der Waals surface area contributed by atoms with Gasteiger partial charge >= 0.3 is 59.9 Å². The molecule has 5 heterocycles. The molecule has 4 aromatic rings. The van der Waals surface area contributed by atoms with E-state index in [9.17, 15) is 53.1 Å². The number of epoxide rings is 1. The molecule has 88 heavy (non-hydrogen) atoms. The molecule has 0 bridgehead atoms. The molecular formula is C59H58N4O25. The molecule has 7 unspecified atom stereocenters. The van der Waals surface area contributed by atoms with Crippen molar-refractivity contribution in [1.29, 1.82) is 5.26 Å². The lowest BCUT2D eigenvalue weighted by atomic mass is 9.66. The van der Waals surface area contributed by atoms with Crippen molar-refractivity contribution in [3.63, 3.8) is 0 Å². The lowest BCUT2D eigenvalue weighted by Gasteiger charge is -2.33. The molecule has 4 saturated heterocycles. The van der Waals surface area contributed by atoms with Gasteiger partial charge in [0.2, 0.25) is 6.08 Å². The van der Waals surface area contributed by atoms with Crippen LogP contribution in [0.4, 0.5) is 10.5 Å². The summed E-state index contributed by atoms with van der Waals surface area (Å²) in [5.41, 5.74) is 4.08. The number of cyclic esters (lactones) is 6. The number of methoxy groups -OCH3 is 2. The number of aromatic carboxylic acids is 1. The zero-order chi connectivity index (χ0) is 65.4. The third-order valence-electron chi connectivity index (χ3n) is 13.0. The number of urea groups is 1. The Morgan fingerprint density at radius 2 is 1.40 bits per heavy atom. The van der Waals surface area contributed by atoms with Gasteiger partial charge in [0.1, 0.15) is 36.4 Å². The second kappa shape index (κ2) is 33.8. The van der Waals surface area contributed by atoms with Crippen molar-refractivity contribution < 1.29 is 121 Å². The number of aliphatic hydroxyl groups is 3. The van der Waals surface area contributed by atoms with Gasteiger partial charge in [-0.25, -0.2) is 28.8 Å². The standard InChI is InChI=1S/C19H16O7.C12H8N2O4.C9H6O4.C8H8O3.C7H14N2O5.C3H6.CO2/c20-15-6-13(17(21)25-15)12-5-14-16(19(23)26-18(14)22)10-2-1-8(4-11(10)12)3-9-7-24-9;1-3-11(16)18-10-5-9(17-6-13)4-8(2)12(10)14-7-15;1-12-5-2-3-6-7(4-5)9(11)13-8(6)10;1-11-7-4-2-6(3-5-7)8(9)10;1-2-14-6-5(12)8(3-10)7(13)9(6)4-11;1-3-2;2-1-3/h1-2,4,9,12-14,16H,3,5-7H2;3-5H,1H2,2H3;2-4H,1H3;2-5H,1H3,(H,9,10);5-6,10-12H,2-4H2,1H3;3H,1H2,2H3;. The first-order chi connectivity index (χ1) is 42.1. The number of aryl methyl sites for hydroxylation is 1. The molecule has 4 fully saturated rings. The predicted octanol–water partition coefficient (Wildman–Crippen LogP) is 4.21. The molecule has 29 nitrogen and oxygen atoms in total. The van der Waals surface area contributed by atoms with Crippen molar-refractivity contribution in [3.05, 3.63) is 137 Å². The molecule has 464 valence electrons. The molecule has 10 rings (SSSR count). The summed E-state index contributed by atoms with van der Waals surface area (Å²) in [5.74, 6) is -5.89. The van der Waals surface area contributed by atoms with Gasteiger partial charge in [0.25, 0.3) is 6.26 Å². The van der Waals surface area contributed by atoms with Crippen LogP contribution in [0.1, 0.15) is 91.9 Å². The number of carbonyl (C=O) groups excluding carboxylic acids is 11. The Hall–Kier alpha value is -10.6. The number of carbonyl (C=O) groups is 9. The highest BCUT2D eigenvalue weighted by atomic mass is 16.6. The zero-order valence-corrected chi connectivity index (χ0v) is 47.6. The van der Waals surface area contributed by atoms with Crippen molar-refractivity contribution in [3.8, 4) is 29.3 Å². The van der Waals surface area contributed by atoms with Gasteiger partial charge in [0, 0.05) is 25.2 Å². The number of ether oxygens (including phenoxy) is 9. The van der Waals surface area contributed by atoms with E-state index in [0.29, 0.717) is 35.7 Å². The van der Waals surface area contributed by atoms with E-state index in [0.717, 1.165) is 45.6 Å². The van der Waals surface area contributed by atoms with Crippen molar-refractivity contribution >= 4 is 71.7 Å². The molecule has 0 aromatic heterocycles. The number of hydrogen-bond donors (Lipinski definition) is 4. The van der Waals surface area contributed by atoms with Gasteiger partial charge in [-0.1, -0.05) is 30.9 Å². The molecule has 2 amide bonds. The minimum absolute atomic E-state index is 0.000710. The number of allylic oxidation sites excluding steroid dienone is 1. The van der Waals surface area contributed by atoms with Crippen molar-refractivity contribution in [2.24, 2.45) is 16.8 Å². The summed E-state index contributed by atoms with van der Waals surface area (Å²) < 4.78 is 43.6. The SMILES string of the molecule is C=CC.C=CC(=O)Oc1cc(OC#N)cc(C)c1N=C=O.CCOC1C(O)N(CO)C(=O)N1CO.COc1ccc(C(=O)O)cc1.COc1ccc2c(c1)C(=O)OC2=O.O=C1CC(C2CC3C(=O)OC(=O)C3c3ccc(CC4CO4)cc32)C(=O)O1.O=C=O. The Kier molecular flexibility index (Phi) is 26.9. The van der Waals surface area contributed by atoms with Gasteiger partial charge in [-0.3, -0.25) is 29.0 Å². The van der Waals surface area contributed by atoms with Crippen LogP contribution < -0.4 is 18.9 Å². The lowest BCUT2D eigenvalue weighted by molar-refractivity contribution is -0.192. The number of hydrogen-bond acceptors (Lipinski definition) is 26. The van der Waals surface area contributed by atoms with Crippen LogP contribution in [0.3, 0.4) is 0 Å². The minimum atomic E-state index is -1.25. The maximum Gasteiger partial charge on any atom is 0.373 e. The van der Waals surface area contributed by atoms with Crippen molar-refractivity contribution in [2.75, 3.05) is 40.9 Å². The summed E-state index contributed by atoms with van der Waals surface area (Å²) in [5, 5.41) is 44.1. The maximum absolute atomic E-state index is 12.2. The second-order valence-corrected chi connectivity index (χ2v) is 18.4. The van der Waals surface area contributed by atoms with Gasteiger partial charge in [-0.05, 0) is 104 Å². The molecule has 7 atom stereocenters. The summed E-state index contributed by atoms with van der Waals surface area (Å²) in [7, 11) is 3.03. The molecule has 0 spiro atoms. The third kappa shape index (κ3) is 18.2. The number of aliphatic hydroxyl groups excluding tert-OH is 3. The molecule has 0 radical (unpaired) electrons. The Morgan fingerprint density at radius 1 is 0.784 bits per heavy atom. The number of isocyanates is 1. The van der Waals surface area contributed by atoms with E-state index in [-0.39, 0.29) is 52.9 Å². The number of carboxylic acids is 1. The summed E-state index contributed by atoms with van der Waals surface area (Å²) in [6.07, 6.45) is 4.90. The first-order valence-electron chi connectivity index (χ1n) is 25.9. The lowest BCUT2D eigenvalue weighted by Crippen LogP contribution is -2.40. The van der Waals surface area contributed by atoms with E-state index in [1.165, 1.54) is 63.0 Å². The first kappa shape index (κ1) is 69.9. The quantitative estimate of drug-likeness (QED) is 0.0131. The van der Waals surface area contributed by atoms with Crippen LogP contribution in [0.2, 0.25) is 0 Å². The number of nitriles is 1. The normalized spacial score (nSPS) is 19.9. The fourth-order valence-corrected chi connectivity index (χ4v) is 9.00. The first-order valence-corrected chi connectivity index (χ1v) is 25.9. The van der Waals surface area contributed by atoms with E-state index < -0.39 is 97.5 Å². The molecule has 4 N–H and O–H groups in total. The molecule has 4 aromatic carbocycles. The van der Waals surface area contributed by atoms with Crippen LogP contribution in [-0.4, -0.2) is 156 Å². The molecular weight excluding hydrogens is 1160 g/mol. The fraction of sp³-hybridized carbons (Fsp3) is 0.322. The smallest absolute Gasteiger partial charge is 0.373 e. The van der Waals surface area contributed by atoms with Gasteiger partial charge in [-0.2, -0.15) is 14.6 Å². The molecule has 6 aliphatic rings. The van der Waals surface area contributed by atoms with E-state index in [1.54, 1.807) is 38.1 Å². The van der Waals surface area contributed by atoms with Crippen molar-refractivity contribution in [2.45, 2.75) is 70.4 Å². The zero-order valence-electron chi connectivity index (χ0n) is 47.6. The highest BCUT2D eigenvalue weighted by Crippen LogP contribution is 2.51. The summed E-state index contributed by atoms with van der Waals surface area (Å²) >= 11 is 0. The Labute approximate surface area is 500 Å². The predicted molar refractivity (Wildman–Crippen MR) is 293 cm³/mol. The summed E-state index contributed by atoms with van der Waals surface area (Å²) in [6.45, 7) is 11.7. The van der Waals surface area contributed by atoms with E-state index >= 15 is 0 Å². The van der Waals surface area contributed by atoms with E-state index in [2.05, 4.69) is 27.6 Å². The fourth-order valence-electron chi connectivity index (χ4n) is 9.00. The molecule has 29 heteroatoms. The van der Waals surface area contributed by atoms with Crippen LogP contribution in [0.5, 0.6) is 23.0 Å². The highest BCUT2D eigenvalue weighted by Gasteiger charge is 2.54. The van der Waals surface area contributed by atoms with Crippen LogP contribution in [-0.2, 0) is 68.5 Å². The monoisotopic (exact) mass is 1220 g/mol. The molecule has 0 saturated carbocycles. The topological polar surface area (TPSA) is 415 Å². The second-order valence-electron chi connectivity index (χ2n) is 18.4. The summed E-state index contributed by atoms with van der Waals surface area (Å²) in [4.78, 5) is 135. The number of rotatable bonds is 14. The van der Waals surface area contributed by atoms with E-state index in [4.69, 9.17) is 63.3 Å². The number of nitrogens with zero attached hydrogens (tertiary/aromatic N) is 4. The number of esters is 7. The minimum Gasteiger partial charge on any atom is -0.497 e. The Bertz CT molecular complexity index is 3400. The van der Waals surface area contributed by atoms with Crippen LogP contribution in [0.25, 0.3) is 0 Å². The largest absolute Gasteiger partial charge is 0.497 e. The van der Waals surface area contributed by atoms with Gasteiger partial charge in [0.05, 0.1) is 67.8 Å². The number of benzene rings is 4. The van der Waals surface area contributed by atoms with Crippen molar-refractivity contribution in [1.82, 2.24) is 9.80 Å². The van der Waals surface area contributed by atoms with Gasteiger partial charge < -0.3 is 63.1 Å². The van der Waals surface area contributed by atoms with Gasteiger partial charge in [0.15, 0.2) is 18.2 Å². The average Bonchev–Trinajstić information content (AvgIpc) is 1.81. The Morgan fingerprint density at radius 3 is 1.93 bits per heavy atom. The number of aliphatic imine (C=N–C) groups is 1. The van der Waals surface area contributed by atoms with Crippen LogP contribution >= 0.6 is 0 Å². The Balaban J connectivity index is 0.000000238. The maximum atomic E-state index is 12.2. The highest BCUT2D eigenvalue weighted by molar-refractivity contribution is 6.15. The van der Waals surface area contributed by atoms with Gasteiger partial charge in [-0.15, -0.1) is 11.8 Å². The third-order valence-corrected chi connectivity index (χ3v) is 13.0. The van der Waals surface area contributed by atoms with Crippen LogP contribution in [0, 0.1) is 30.3 Å². The summed E-state index contributed by atoms with van der Waals surface area (Å²) in [6, 6.07) is 18.7. The number of fused-ring (bicyclic) bond motifs is 4. The van der Waals surface area contributed by atoms with Crippen LogP contribution in [0.15, 0.2) is 103 Å². The van der Waals surface area contributed by atoms with E-state index in [1.807, 2.05) is 25.1 Å².